The van der Waals surface area contributed by atoms with Gasteiger partial charge >= 0.3 is 6.03 Å². The predicted octanol–water partition coefficient (Wildman–Crippen LogP) is 2.60. The van der Waals surface area contributed by atoms with Crippen molar-refractivity contribution in [3.05, 3.63) is 58.0 Å². The van der Waals surface area contributed by atoms with E-state index in [1.807, 2.05) is 17.5 Å². The Kier molecular flexibility index (Phi) is 5.78. The maximum atomic E-state index is 12.9. The molecule has 2 amide bonds. The first kappa shape index (κ1) is 17.6. The number of nitrogens with zero attached hydrogens (tertiary/aromatic N) is 2. The summed E-state index contributed by atoms with van der Waals surface area (Å²) in [4.78, 5) is 28.9. The number of benzene rings is 1. The van der Waals surface area contributed by atoms with Crippen LogP contribution in [0.3, 0.4) is 0 Å². The molecule has 1 aliphatic rings. The molecule has 0 bridgehead atoms. The van der Waals surface area contributed by atoms with E-state index in [0.29, 0.717) is 39.3 Å². The molecule has 0 saturated carbocycles. The number of carbonyl (C=O) groups is 2. The highest BCUT2D eigenvalue weighted by atomic mass is 32.1. The molecule has 0 spiro atoms. The lowest BCUT2D eigenvalue weighted by molar-refractivity contribution is 0.0882. The lowest BCUT2D eigenvalue weighted by atomic mass is 10.2. The van der Waals surface area contributed by atoms with Crippen molar-refractivity contribution in [2.75, 3.05) is 32.7 Å². The Morgan fingerprint density at radius 2 is 1.80 bits per heavy atom. The summed E-state index contributed by atoms with van der Waals surface area (Å²) in [6.45, 7) is 3.31. The van der Waals surface area contributed by atoms with Crippen LogP contribution in [0.15, 0.2) is 41.8 Å². The average molecular weight is 361 g/mol. The number of nitrogens with one attached hydrogen (secondary N) is 1. The van der Waals surface area contributed by atoms with Gasteiger partial charge in [0.25, 0.3) is 0 Å². The molecule has 1 aromatic carbocycles. The molecule has 3 rings (SSSR count). The topological polar surface area (TPSA) is 52.7 Å². The smallest absolute Gasteiger partial charge is 0.317 e. The zero-order valence-electron chi connectivity index (χ0n) is 13.8. The third-order valence-electron chi connectivity index (χ3n) is 4.18. The van der Waals surface area contributed by atoms with E-state index >= 15 is 0 Å². The lowest BCUT2D eigenvalue weighted by Gasteiger charge is -2.34. The van der Waals surface area contributed by atoms with Gasteiger partial charge in [0.05, 0.1) is 11.4 Å². The maximum absolute atomic E-state index is 12.9. The van der Waals surface area contributed by atoms with Gasteiger partial charge in [-0.15, -0.1) is 11.3 Å². The first-order chi connectivity index (χ1) is 12.1. The molecule has 1 aliphatic heterocycles. The number of urea groups is 1. The quantitative estimate of drug-likeness (QED) is 0.833. The number of Topliss-reactive ketones (excluding diaryl/α,β-unsaturated/α-hetero) is 1. The largest absolute Gasteiger partial charge is 0.334 e. The van der Waals surface area contributed by atoms with Crippen molar-refractivity contribution in [3.8, 4) is 0 Å². The summed E-state index contributed by atoms with van der Waals surface area (Å²) in [6.07, 6.45) is 0. The minimum absolute atomic E-state index is 0.129. The van der Waals surface area contributed by atoms with Gasteiger partial charge in [-0.05, 0) is 29.1 Å². The summed E-state index contributed by atoms with van der Waals surface area (Å²) >= 11 is 1.46. The number of piperazine rings is 1. The second-order valence-corrected chi connectivity index (χ2v) is 6.90. The number of ketones is 1. The molecule has 5 nitrogen and oxygen atoms in total. The molecular weight excluding hydrogens is 341 g/mol. The van der Waals surface area contributed by atoms with Crippen LogP contribution in [0.4, 0.5) is 9.18 Å². The van der Waals surface area contributed by atoms with Crippen LogP contribution >= 0.6 is 11.3 Å². The minimum atomic E-state index is -0.289. The van der Waals surface area contributed by atoms with E-state index in [9.17, 15) is 14.0 Å². The maximum Gasteiger partial charge on any atom is 0.317 e. The van der Waals surface area contributed by atoms with Gasteiger partial charge in [0.1, 0.15) is 5.82 Å². The Labute approximate surface area is 150 Å². The first-order valence-corrected chi connectivity index (χ1v) is 9.06. The van der Waals surface area contributed by atoms with Crippen molar-refractivity contribution in [1.29, 1.82) is 0 Å². The number of rotatable bonds is 5. The van der Waals surface area contributed by atoms with Crippen LogP contribution in [-0.4, -0.2) is 54.3 Å². The monoisotopic (exact) mass is 361 g/mol. The van der Waals surface area contributed by atoms with Crippen LogP contribution in [-0.2, 0) is 6.54 Å². The second kappa shape index (κ2) is 8.22. The number of halogens is 1. The third kappa shape index (κ3) is 4.87. The highest BCUT2D eigenvalue weighted by molar-refractivity contribution is 7.12. The van der Waals surface area contributed by atoms with Crippen LogP contribution in [0.25, 0.3) is 0 Å². The van der Waals surface area contributed by atoms with Gasteiger partial charge in [0, 0.05) is 32.7 Å². The molecule has 1 aromatic heterocycles. The molecule has 0 atom stereocenters. The van der Waals surface area contributed by atoms with E-state index in [-0.39, 0.29) is 17.6 Å². The fourth-order valence-electron chi connectivity index (χ4n) is 2.72. The molecule has 0 aliphatic carbocycles. The SMILES string of the molecule is O=C(CN1CCN(C(=O)NCc2ccc(F)cc2)CC1)c1cccs1. The van der Waals surface area contributed by atoms with E-state index < -0.39 is 0 Å². The fraction of sp³-hybridized carbons (Fsp3) is 0.333. The Balaban J connectivity index is 1.41. The summed E-state index contributed by atoms with van der Waals surface area (Å²) in [5.74, 6) is -0.160. The Hall–Kier alpha value is -2.25. The van der Waals surface area contributed by atoms with E-state index in [1.54, 1.807) is 17.0 Å². The highest BCUT2D eigenvalue weighted by Crippen LogP contribution is 2.11. The summed E-state index contributed by atoms with van der Waals surface area (Å²) in [5.41, 5.74) is 0.856. The Bertz CT molecular complexity index is 710. The molecule has 2 aromatic rings. The number of thiophene rings is 1. The van der Waals surface area contributed by atoms with Gasteiger partial charge in [-0.25, -0.2) is 9.18 Å². The Morgan fingerprint density at radius 1 is 1.08 bits per heavy atom. The second-order valence-electron chi connectivity index (χ2n) is 5.95. The van der Waals surface area contributed by atoms with Crippen LogP contribution in [0.1, 0.15) is 15.2 Å². The van der Waals surface area contributed by atoms with Crippen LogP contribution in [0.2, 0.25) is 0 Å². The molecular formula is C18H20FN3O2S. The van der Waals surface area contributed by atoms with Crippen molar-refractivity contribution in [3.63, 3.8) is 0 Å². The number of carbonyl (C=O) groups excluding carboxylic acids is 2. The van der Waals surface area contributed by atoms with Crippen molar-refractivity contribution < 1.29 is 14.0 Å². The lowest BCUT2D eigenvalue weighted by Crippen LogP contribution is -2.52. The van der Waals surface area contributed by atoms with Crippen LogP contribution in [0.5, 0.6) is 0 Å². The molecule has 2 heterocycles. The van der Waals surface area contributed by atoms with E-state index in [0.717, 1.165) is 10.4 Å². The molecule has 1 fully saturated rings. The van der Waals surface area contributed by atoms with Crippen molar-refractivity contribution >= 4 is 23.2 Å². The Morgan fingerprint density at radius 3 is 2.44 bits per heavy atom. The number of hydrogen-bond acceptors (Lipinski definition) is 4. The van der Waals surface area contributed by atoms with Crippen LogP contribution in [0, 0.1) is 5.82 Å². The van der Waals surface area contributed by atoms with Gasteiger partial charge in [0.15, 0.2) is 5.78 Å². The summed E-state index contributed by atoms with van der Waals surface area (Å²) in [5, 5.41) is 4.75. The zero-order valence-corrected chi connectivity index (χ0v) is 14.6. The molecule has 7 heteroatoms. The standard InChI is InChI=1S/C18H20FN3O2S/c19-15-5-3-14(4-6-15)12-20-18(24)22-9-7-21(8-10-22)13-16(23)17-2-1-11-25-17/h1-6,11H,7-10,12-13H2,(H,20,24). The van der Waals surface area contributed by atoms with Crippen molar-refractivity contribution in [2.45, 2.75) is 6.54 Å². The van der Waals surface area contributed by atoms with Crippen molar-refractivity contribution in [2.24, 2.45) is 0 Å². The third-order valence-corrected chi connectivity index (χ3v) is 5.09. The normalized spacial score (nSPS) is 15.2. The summed E-state index contributed by atoms with van der Waals surface area (Å²) < 4.78 is 12.9. The van der Waals surface area contributed by atoms with Crippen LogP contribution < -0.4 is 5.32 Å². The predicted molar refractivity (Wildman–Crippen MR) is 95.3 cm³/mol. The highest BCUT2D eigenvalue weighted by Gasteiger charge is 2.22. The molecule has 0 unspecified atom stereocenters. The number of hydrogen-bond donors (Lipinski definition) is 1. The van der Waals surface area contributed by atoms with Gasteiger partial charge in [-0.3, -0.25) is 9.69 Å². The molecule has 1 N–H and O–H groups in total. The minimum Gasteiger partial charge on any atom is -0.334 e. The molecule has 1 saturated heterocycles. The van der Waals surface area contributed by atoms with Gasteiger partial charge in [0.2, 0.25) is 0 Å². The van der Waals surface area contributed by atoms with E-state index in [4.69, 9.17) is 0 Å². The summed E-state index contributed by atoms with van der Waals surface area (Å²) in [6, 6.07) is 9.66. The van der Waals surface area contributed by atoms with E-state index in [2.05, 4.69) is 10.2 Å². The average Bonchev–Trinajstić information content (AvgIpc) is 3.16. The first-order valence-electron chi connectivity index (χ1n) is 8.18. The van der Waals surface area contributed by atoms with Gasteiger partial charge < -0.3 is 10.2 Å². The van der Waals surface area contributed by atoms with Gasteiger partial charge in [-0.2, -0.15) is 0 Å². The zero-order chi connectivity index (χ0) is 17.6. The van der Waals surface area contributed by atoms with E-state index in [1.165, 1.54) is 23.5 Å². The molecule has 25 heavy (non-hydrogen) atoms. The summed E-state index contributed by atoms with van der Waals surface area (Å²) in [7, 11) is 0. The fourth-order valence-corrected chi connectivity index (χ4v) is 3.38. The molecule has 0 radical (unpaired) electrons. The van der Waals surface area contributed by atoms with Gasteiger partial charge in [-0.1, -0.05) is 18.2 Å². The molecule has 132 valence electrons. The van der Waals surface area contributed by atoms with Crippen molar-refractivity contribution in [1.82, 2.24) is 15.1 Å². The number of amides is 2.